The lowest BCUT2D eigenvalue weighted by Crippen LogP contribution is -1.99. The highest BCUT2D eigenvalue weighted by molar-refractivity contribution is 7.11. The summed E-state index contributed by atoms with van der Waals surface area (Å²) in [5.74, 6) is 1.57. The van der Waals surface area contributed by atoms with Crippen molar-refractivity contribution in [3.8, 4) is 23.1 Å². The van der Waals surface area contributed by atoms with Crippen molar-refractivity contribution in [2.75, 3.05) is 0 Å². The van der Waals surface area contributed by atoms with Crippen LogP contribution in [0.4, 0.5) is 0 Å². The van der Waals surface area contributed by atoms with Gasteiger partial charge >= 0.3 is 0 Å². The number of nitriles is 1. The van der Waals surface area contributed by atoms with E-state index in [2.05, 4.69) is 35.7 Å². The minimum Gasteiger partial charge on any atom is -0.360 e. The van der Waals surface area contributed by atoms with Crippen LogP contribution >= 0.6 is 11.3 Å². The lowest BCUT2D eigenvalue weighted by molar-refractivity contribution is 0.394. The van der Waals surface area contributed by atoms with Gasteiger partial charge in [0.25, 0.3) is 0 Å². The number of nitrogens with zero attached hydrogens (tertiary/aromatic N) is 4. The molecule has 0 saturated heterocycles. The van der Waals surface area contributed by atoms with Gasteiger partial charge in [-0.3, -0.25) is 4.57 Å². The monoisotopic (exact) mass is 364 g/mol. The van der Waals surface area contributed by atoms with Crippen LogP contribution < -0.4 is 0 Å². The van der Waals surface area contributed by atoms with E-state index in [1.807, 2.05) is 18.4 Å². The number of rotatable bonds is 3. The molecule has 5 nitrogen and oxygen atoms in total. The number of hydrogen-bond donors (Lipinski definition) is 0. The molecule has 0 spiro atoms. The predicted molar refractivity (Wildman–Crippen MR) is 102 cm³/mol. The molecule has 3 aromatic rings. The molecule has 0 aromatic carbocycles. The van der Waals surface area contributed by atoms with E-state index >= 15 is 0 Å². The van der Waals surface area contributed by atoms with E-state index in [-0.39, 0.29) is 0 Å². The first-order chi connectivity index (χ1) is 12.6. The van der Waals surface area contributed by atoms with Crippen molar-refractivity contribution in [2.45, 2.75) is 46.5 Å². The van der Waals surface area contributed by atoms with Crippen LogP contribution in [0.3, 0.4) is 0 Å². The van der Waals surface area contributed by atoms with E-state index in [0.29, 0.717) is 0 Å². The maximum Gasteiger partial charge on any atom is 0.180 e. The second kappa shape index (κ2) is 6.58. The summed E-state index contributed by atoms with van der Waals surface area (Å²) < 4.78 is 7.30. The average Bonchev–Trinajstić information content (AvgIpc) is 3.38. The van der Waals surface area contributed by atoms with E-state index in [0.717, 1.165) is 57.6 Å². The Morgan fingerprint density at radius 2 is 2.00 bits per heavy atom. The van der Waals surface area contributed by atoms with Crippen LogP contribution in [0, 0.1) is 32.1 Å². The Morgan fingerprint density at radius 3 is 2.65 bits per heavy atom. The molecule has 0 N–H and O–H groups in total. The standard InChI is InChI=1S/C20H20N4OS/c1-12-8-16(14(3)24(12)19-9-13(2)25-23-19)18-11-26-20(22-18)17(10-21)15-6-4-5-7-15/h8-9,11H,4-7H2,1-3H3. The molecule has 0 atom stereocenters. The Kier molecular flexibility index (Phi) is 4.25. The van der Waals surface area contributed by atoms with Gasteiger partial charge in [-0.1, -0.05) is 5.16 Å². The highest BCUT2D eigenvalue weighted by Crippen LogP contribution is 2.35. The number of allylic oxidation sites excluding steroid dienone is 2. The van der Waals surface area contributed by atoms with Gasteiger partial charge in [0, 0.05) is 28.4 Å². The summed E-state index contributed by atoms with van der Waals surface area (Å²) in [6, 6.07) is 6.43. The van der Waals surface area contributed by atoms with Crippen molar-refractivity contribution in [1.82, 2.24) is 14.7 Å². The van der Waals surface area contributed by atoms with Gasteiger partial charge in [0.2, 0.25) is 0 Å². The summed E-state index contributed by atoms with van der Waals surface area (Å²) >= 11 is 1.55. The number of aryl methyl sites for hydroxylation is 2. The van der Waals surface area contributed by atoms with Gasteiger partial charge in [-0.15, -0.1) is 11.3 Å². The van der Waals surface area contributed by atoms with E-state index in [9.17, 15) is 5.26 Å². The Balaban J connectivity index is 1.75. The Bertz CT molecular complexity index is 1040. The molecule has 3 aromatic heterocycles. The SMILES string of the molecule is Cc1cc(-n2c(C)cc(-c3csc(C(C#N)=C4CCCC4)n3)c2C)no1. The quantitative estimate of drug-likeness (QED) is 0.586. The van der Waals surface area contributed by atoms with E-state index in [1.165, 1.54) is 18.4 Å². The molecule has 0 aliphatic heterocycles. The Labute approximate surface area is 156 Å². The van der Waals surface area contributed by atoms with E-state index in [4.69, 9.17) is 9.51 Å². The van der Waals surface area contributed by atoms with Crippen molar-refractivity contribution >= 4 is 16.9 Å². The van der Waals surface area contributed by atoms with E-state index in [1.54, 1.807) is 11.3 Å². The van der Waals surface area contributed by atoms with Crippen molar-refractivity contribution in [1.29, 1.82) is 5.26 Å². The van der Waals surface area contributed by atoms with Gasteiger partial charge in [-0.25, -0.2) is 4.98 Å². The van der Waals surface area contributed by atoms with Gasteiger partial charge in [0.1, 0.15) is 16.8 Å². The normalized spacial score (nSPS) is 14.0. The van der Waals surface area contributed by atoms with Crippen LogP contribution in [-0.2, 0) is 0 Å². The third kappa shape index (κ3) is 2.78. The highest BCUT2D eigenvalue weighted by atomic mass is 32.1. The van der Waals surface area contributed by atoms with Gasteiger partial charge in [0.05, 0.1) is 11.3 Å². The smallest absolute Gasteiger partial charge is 0.180 e. The topological polar surface area (TPSA) is 67.6 Å². The van der Waals surface area contributed by atoms with Crippen molar-refractivity contribution in [3.05, 3.63) is 45.2 Å². The van der Waals surface area contributed by atoms with Crippen LogP contribution in [-0.4, -0.2) is 14.7 Å². The minimum atomic E-state index is 0.777. The molecular formula is C20H20N4OS. The maximum absolute atomic E-state index is 9.61. The third-order valence-electron chi connectivity index (χ3n) is 4.94. The summed E-state index contributed by atoms with van der Waals surface area (Å²) in [5, 5.41) is 16.6. The first-order valence-electron chi connectivity index (χ1n) is 8.79. The van der Waals surface area contributed by atoms with Crippen molar-refractivity contribution in [3.63, 3.8) is 0 Å². The molecule has 3 heterocycles. The molecule has 26 heavy (non-hydrogen) atoms. The number of thiazole rings is 1. The van der Waals surface area contributed by atoms with Crippen LogP contribution in [0.5, 0.6) is 0 Å². The maximum atomic E-state index is 9.61. The molecule has 4 rings (SSSR count). The Hall–Kier alpha value is -2.65. The summed E-state index contributed by atoms with van der Waals surface area (Å²) in [6.07, 6.45) is 4.41. The molecule has 0 radical (unpaired) electrons. The van der Waals surface area contributed by atoms with E-state index < -0.39 is 0 Å². The molecule has 6 heteroatoms. The summed E-state index contributed by atoms with van der Waals surface area (Å²) in [5.41, 5.74) is 6.17. The van der Waals surface area contributed by atoms with Crippen LogP contribution in [0.1, 0.15) is 47.8 Å². The lowest BCUT2D eigenvalue weighted by atomic mass is 10.1. The molecular weight excluding hydrogens is 344 g/mol. The molecule has 1 aliphatic rings. The lowest BCUT2D eigenvalue weighted by Gasteiger charge is -2.04. The predicted octanol–water partition coefficient (Wildman–Crippen LogP) is 5.37. The van der Waals surface area contributed by atoms with Gasteiger partial charge in [-0.05, 0) is 58.1 Å². The fourth-order valence-corrected chi connectivity index (χ4v) is 4.54. The average molecular weight is 364 g/mol. The third-order valence-corrected chi connectivity index (χ3v) is 5.80. The van der Waals surface area contributed by atoms with Crippen LogP contribution in [0.2, 0.25) is 0 Å². The van der Waals surface area contributed by atoms with Crippen molar-refractivity contribution in [2.24, 2.45) is 0 Å². The zero-order chi connectivity index (χ0) is 18.3. The van der Waals surface area contributed by atoms with Crippen molar-refractivity contribution < 1.29 is 4.52 Å². The molecule has 132 valence electrons. The molecule has 0 bridgehead atoms. The van der Waals surface area contributed by atoms with Gasteiger partial charge in [-0.2, -0.15) is 5.26 Å². The zero-order valence-corrected chi connectivity index (χ0v) is 16.0. The summed E-state index contributed by atoms with van der Waals surface area (Å²) in [7, 11) is 0. The summed E-state index contributed by atoms with van der Waals surface area (Å²) in [6.45, 7) is 6.00. The number of aromatic nitrogens is 3. The summed E-state index contributed by atoms with van der Waals surface area (Å²) in [4.78, 5) is 4.79. The Morgan fingerprint density at radius 1 is 1.23 bits per heavy atom. The van der Waals surface area contributed by atoms with Crippen LogP contribution in [0.25, 0.3) is 22.6 Å². The largest absolute Gasteiger partial charge is 0.360 e. The molecule has 0 amide bonds. The van der Waals surface area contributed by atoms with Gasteiger partial charge in [0.15, 0.2) is 5.82 Å². The van der Waals surface area contributed by atoms with Gasteiger partial charge < -0.3 is 4.52 Å². The minimum absolute atomic E-state index is 0.777. The van der Waals surface area contributed by atoms with Crippen LogP contribution in [0.15, 0.2) is 27.6 Å². The fraction of sp³-hybridized carbons (Fsp3) is 0.350. The zero-order valence-electron chi connectivity index (χ0n) is 15.2. The highest BCUT2D eigenvalue weighted by Gasteiger charge is 2.20. The first-order valence-corrected chi connectivity index (χ1v) is 9.67. The molecule has 1 fully saturated rings. The second-order valence-electron chi connectivity index (χ2n) is 6.75. The first kappa shape index (κ1) is 16.8. The fourth-order valence-electron chi connectivity index (χ4n) is 3.68. The molecule has 0 unspecified atom stereocenters. The second-order valence-corrected chi connectivity index (χ2v) is 7.61. The molecule has 1 saturated carbocycles. The number of hydrogen-bond acceptors (Lipinski definition) is 5. The molecule has 1 aliphatic carbocycles.